The molecule has 0 aromatic heterocycles. The third kappa shape index (κ3) is 13.6. The second kappa shape index (κ2) is 21.2. The van der Waals surface area contributed by atoms with Gasteiger partial charge in [0, 0.05) is 7.11 Å². The highest BCUT2D eigenvalue weighted by Crippen LogP contribution is 2.51. The van der Waals surface area contributed by atoms with Gasteiger partial charge in [0.05, 0.1) is 22.7 Å². The van der Waals surface area contributed by atoms with Gasteiger partial charge in [0.2, 0.25) is 11.8 Å². The summed E-state index contributed by atoms with van der Waals surface area (Å²) in [5.74, 6) is -0.443. The summed E-state index contributed by atoms with van der Waals surface area (Å²) < 4.78 is 10.6. The lowest BCUT2D eigenvalue weighted by Gasteiger charge is -2.53. The molecular formula is C44H84N6O10. The summed E-state index contributed by atoms with van der Waals surface area (Å²) in [5, 5.41) is 51.9. The van der Waals surface area contributed by atoms with E-state index in [1.807, 2.05) is 47.6 Å². The summed E-state index contributed by atoms with van der Waals surface area (Å²) in [7, 11) is 1.00. The van der Waals surface area contributed by atoms with Crippen LogP contribution in [0.5, 0.6) is 0 Å². The number of ether oxygens (including phenoxy) is 2. The summed E-state index contributed by atoms with van der Waals surface area (Å²) in [4.78, 5) is 46.9. The number of nitrogens with one attached hydrogen (secondary N) is 2. The van der Waals surface area contributed by atoms with Crippen molar-refractivity contribution in [1.29, 1.82) is 5.26 Å². The SMILES string of the molecule is CC(C)(C)OC(=O)NC(C)(C(O)C#N)C(C)(C)C1CCC1.CC(C)(C)OC(=O)NC(C)(C(O)C(N)=O)C(C)(C)C1CCC1.CC(C)(C1CCC1)C(C)(N)C(O)C(N)=O.CO. The van der Waals surface area contributed by atoms with E-state index in [9.17, 15) is 34.5 Å². The molecular weight excluding hydrogens is 773 g/mol. The van der Waals surface area contributed by atoms with Gasteiger partial charge >= 0.3 is 12.2 Å². The van der Waals surface area contributed by atoms with Crippen molar-refractivity contribution in [3.8, 4) is 6.07 Å². The first-order valence-corrected chi connectivity index (χ1v) is 21.2. The van der Waals surface area contributed by atoms with Crippen molar-refractivity contribution in [3.63, 3.8) is 0 Å². The van der Waals surface area contributed by atoms with Crippen LogP contribution in [0.1, 0.15) is 162 Å². The Hall–Kier alpha value is -3.23. The molecule has 0 radical (unpaired) electrons. The van der Waals surface area contributed by atoms with Crippen molar-refractivity contribution < 1.29 is 49.1 Å². The highest BCUT2D eigenvalue weighted by atomic mass is 16.6. The van der Waals surface area contributed by atoms with Gasteiger partial charge in [-0.05, 0) is 135 Å². The summed E-state index contributed by atoms with van der Waals surface area (Å²) >= 11 is 0. The molecule has 3 aliphatic rings. The van der Waals surface area contributed by atoms with Crippen LogP contribution in [0.25, 0.3) is 0 Å². The maximum absolute atomic E-state index is 12.2. The fourth-order valence-electron chi connectivity index (χ4n) is 7.93. The van der Waals surface area contributed by atoms with Crippen LogP contribution in [0.3, 0.4) is 0 Å². The van der Waals surface area contributed by atoms with Crippen LogP contribution in [-0.4, -0.2) is 97.7 Å². The van der Waals surface area contributed by atoms with Gasteiger partial charge in [0.25, 0.3) is 0 Å². The molecule has 0 spiro atoms. The van der Waals surface area contributed by atoms with Crippen molar-refractivity contribution in [2.24, 2.45) is 51.2 Å². The Morgan fingerprint density at radius 2 is 0.850 bits per heavy atom. The van der Waals surface area contributed by atoms with Crippen LogP contribution in [0.4, 0.5) is 9.59 Å². The third-order valence-electron chi connectivity index (χ3n) is 14.3. The van der Waals surface area contributed by atoms with E-state index in [2.05, 4.69) is 10.6 Å². The van der Waals surface area contributed by atoms with Gasteiger partial charge in [-0.1, -0.05) is 60.8 Å². The molecule has 3 saturated carbocycles. The Labute approximate surface area is 360 Å². The first kappa shape index (κ1) is 56.8. The Bertz CT molecular complexity index is 1470. The number of amides is 4. The van der Waals surface area contributed by atoms with Gasteiger partial charge in [0.1, 0.15) is 11.2 Å². The summed E-state index contributed by atoms with van der Waals surface area (Å²) in [6.45, 7) is 27.6. The quantitative estimate of drug-likeness (QED) is 0.112. The van der Waals surface area contributed by atoms with Crippen LogP contribution in [0, 0.1) is 45.3 Å². The lowest BCUT2D eigenvalue weighted by Crippen LogP contribution is -2.68. The number of nitrogens with two attached hydrogens (primary N) is 3. The number of carbonyl (C=O) groups excluding carboxylic acids is 4. The van der Waals surface area contributed by atoms with Crippen LogP contribution in [0.2, 0.25) is 0 Å². The molecule has 0 saturated heterocycles. The Kier molecular flexibility index (Phi) is 20.1. The summed E-state index contributed by atoms with van der Waals surface area (Å²) in [5.41, 5.74) is 10.8. The number of nitrogens with zero attached hydrogens (tertiary/aromatic N) is 1. The van der Waals surface area contributed by atoms with Crippen LogP contribution < -0.4 is 27.8 Å². The van der Waals surface area contributed by atoms with Crippen molar-refractivity contribution in [1.82, 2.24) is 10.6 Å². The molecule has 0 aromatic carbocycles. The zero-order valence-corrected chi connectivity index (χ0v) is 39.7. The molecule has 16 heteroatoms. The van der Waals surface area contributed by atoms with E-state index in [4.69, 9.17) is 37.0 Å². The first-order valence-electron chi connectivity index (χ1n) is 21.2. The van der Waals surface area contributed by atoms with Gasteiger partial charge in [-0.3, -0.25) is 9.59 Å². The average Bonchev–Trinajstić information content (AvgIpc) is 2.99. The fourth-order valence-corrected chi connectivity index (χ4v) is 7.93. The Morgan fingerprint density at radius 3 is 1.10 bits per heavy atom. The number of rotatable bonds is 13. The van der Waals surface area contributed by atoms with Gasteiger partial charge < -0.3 is 57.7 Å². The van der Waals surface area contributed by atoms with Crippen molar-refractivity contribution >= 4 is 24.0 Å². The molecule has 0 bridgehead atoms. The highest BCUT2D eigenvalue weighted by molar-refractivity contribution is 5.82. The van der Waals surface area contributed by atoms with Crippen LogP contribution >= 0.6 is 0 Å². The van der Waals surface area contributed by atoms with Crippen LogP contribution in [0.15, 0.2) is 0 Å². The van der Waals surface area contributed by atoms with E-state index >= 15 is 0 Å². The monoisotopic (exact) mass is 857 g/mol. The largest absolute Gasteiger partial charge is 0.444 e. The van der Waals surface area contributed by atoms with Gasteiger partial charge in [-0.25, -0.2) is 9.59 Å². The summed E-state index contributed by atoms with van der Waals surface area (Å²) in [6.07, 6.45) is 4.48. The molecule has 60 heavy (non-hydrogen) atoms. The number of carbonyl (C=O) groups is 4. The molecule has 3 aliphatic carbocycles. The Morgan fingerprint density at radius 1 is 0.567 bits per heavy atom. The minimum atomic E-state index is -1.49. The smallest absolute Gasteiger partial charge is 0.408 e. The van der Waals surface area contributed by atoms with Gasteiger partial charge in [0.15, 0.2) is 18.3 Å². The van der Waals surface area contributed by atoms with E-state index in [-0.39, 0.29) is 5.41 Å². The van der Waals surface area contributed by atoms with Crippen molar-refractivity contribution in [2.75, 3.05) is 7.11 Å². The number of hydrogen-bond donors (Lipinski definition) is 9. The second-order valence-electron chi connectivity index (χ2n) is 21.1. The number of alkyl carbamates (subject to hydrolysis) is 2. The molecule has 4 amide bonds. The minimum Gasteiger partial charge on any atom is -0.444 e. The molecule has 0 aliphatic heterocycles. The van der Waals surface area contributed by atoms with E-state index in [1.165, 1.54) is 6.42 Å². The predicted molar refractivity (Wildman–Crippen MR) is 232 cm³/mol. The fraction of sp³-hybridized carbons (Fsp3) is 0.886. The second-order valence-corrected chi connectivity index (χ2v) is 21.1. The zero-order valence-electron chi connectivity index (χ0n) is 39.7. The zero-order chi connectivity index (χ0) is 47.7. The number of aliphatic hydroxyl groups is 4. The number of primary amides is 2. The summed E-state index contributed by atoms with van der Waals surface area (Å²) in [6, 6.07) is 1.87. The molecule has 16 nitrogen and oxygen atoms in total. The topological polar surface area (TPSA) is 294 Å². The molecule has 0 heterocycles. The Balaban J connectivity index is 0.000000866. The standard InChI is InChI=1S/C16H30N2O4.C16H28N2O3.C11H22N2O2.CH4O/c1-14(2,3)22-13(21)18-16(6,11(19)12(17)20)15(4,5)10-8-7-9-10;1-14(2,3)21-13(20)18-16(6,12(19)10-17)15(4,5)11-8-7-9-11;1-10(2,7-5-4-6-7)11(3,13)8(14)9(12)15;1-2/h10-11,19H,7-9H2,1-6H3,(H2,17,20)(H,18,21);11-12,19H,7-9H2,1-6H3,(H,18,20);7-8,14H,4-6,13H2,1-3H3,(H2,12,15);2H,1H3. The molecule has 6 unspecified atom stereocenters. The molecule has 350 valence electrons. The molecule has 3 rings (SSSR count). The molecule has 3 fully saturated rings. The normalized spacial score (nSPS) is 20.9. The van der Waals surface area contributed by atoms with Gasteiger partial charge in [-0.15, -0.1) is 0 Å². The molecule has 12 N–H and O–H groups in total. The lowest BCUT2D eigenvalue weighted by molar-refractivity contribution is -0.137. The maximum Gasteiger partial charge on any atom is 0.408 e. The highest BCUT2D eigenvalue weighted by Gasteiger charge is 2.56. The van der Waals surface area contributed by atoms with E-state index in [0.717, 1.165) is 58.5 Å². The van der Waals surface area contributed by atoms with Crippen molar-refractivity contribution in [3.05, 3.63) is 0 Å². The molecule has 0 aromatic rings. The maximum atomic E-state index is 12.2. The minimum absolute atomic E-state index is 0.278. The van der Waals surface area contributed by atoms with E-state index in [1.54, 1.807) is 62.3 Å². The lowest BCUT2D eigenvalue weighted by atomic mass is 9.57. The van der Waals surface area contributed by atoms with Crippen molar-refractivity contribution in [2.45, 2.75) is 208 Å². The van der Waals surface area contributed by atoms with E-state index < -0.39 is 81.0 Å². The van der Waals surface area contributed by atoms with Crippen LogP contribution in [-0.2, 0) is 19.1 Å². The van der Waals surface area contributed by atoms with E-state index in [0.29, 0.717) is 17.8 Å². The third-order valence-corrected chi connectivity index (χ3v) is 14.3. The number of hydrogen-bond acceptors (Lipinski definition) is 12. The first-order chi connectivity index (χ1) is 27.0. The van der Waals surface area contributed by atoms with Gasteiger partial charge in [-0.2, -0.15) is 5.26 Å². The molecule has 6 atom stereocenters. The predicted octanol–water partition coefficient (Wildman–Crippen LogP) is 4.91. The number of aliphatic hydroxyl groups excluding tert-OH is 4. The average molecular weight is 857 g/mol. The number of nitriles is 1.